The van der Waals surface area contributed by atoms with Crippen LogP contribution in [0.15, 0.2) is 21.9 Å². The minimum atomic E-state index is -0.501. The zero-order valence-electron chi connectivity index (χ0n) is 13.6. The maximum absolute atomic E-state index is 12.6. The van der Waals surface area contributed by atoms with Crippen molar-refractivity contribution < 1.29 is 4.79 Å². The summed E-state index contributed by atoms with van der Waals surface area (Å²) >= 11 is 1.82. The number of hydrogen-bond acceptors (Lipinski definition) is 5. The predicted octanol–water partition coefficient (Wildman–Crippen LogP) is 1.07. The van der Waals surface area contributed by atoms with Gasteiger partial charge in [-0.2, -0.15) is 11.8 Å². The summed E-state index contributed by atoms with van der Waals surface area (Å²) in [6.45, 7) is 3.92. The predicted molar refractivity (Wildman–Crippen MR) is 94.8 cm³/mol. The van der Waals surface area contributed by atoms with Crippen molar-refractivity contribution in [2.45, 2.75) is 26.3 Å². The van der Waals surface area contributed by atoms with E-state index in [1.807, 2.05) is 18.7 Å². The zero-order valence-corrected chi connectivity index (χ0v) is 14.4. The van der Waals surface area contributed by atoms with Gasteiger partial charge in [0.05, 0.1) is 10.9 Å². The van der Waals surface area contributed by atoms with Gasteiger partial charge in [-0.05, 0) is 12.5 Å². The molecule has 0 bridgehead atoms. The van der Waals surface area contributed by atoms with E-state index >= 15 is 0 Å². The number of pyridine rings is 1. The Morgan fingerprint density at radius 3 is 2.79 bits per heavy atom. The van der Waals surface area contributed by atoms with Crippen molar-refractivity contribution in [2.24, 2.45) is 0 Å². The fraction of sp³-hybridized carbons (Fsp3) is 0.500. The van der Waals surface area contributed by atoms with Crippen LogP contribution in [0.3, 0.4) is 0 Å². The Labute approximate surface area is 143 Å². The third kappa shape index (κ3) is 3.24. The highest BCUT2D eigenvalue weighted by Crippen LogP contribution is 2.15. The van der Waals surface area contributed by atoms with E-state index in [2.05, 4.69) is 9.97 Å². The van der Waals surface area contributed by atoms with E-state index in [0.717, 1.165) is 24.3 Å². The average Bonchev–Trinajstić information content (AvgIpc) is 2.61. The lowest BCUT2D eigenvalue weighted by molar-refractivity contribution is 0.0772. The van der Waals surface area contributed by atoms with Crippen molar-refractivity contribution in [1.82, 2.24) is 19.4 Å². The SMILES string of the molecule is CCCCn1c(=O)[nH]c(=O)c2cc(C(=O)N3CCSCC3)cnc21. The number of nitrogens with one attached hydrogen (secondary N) is 1. The first-order valence-electron chi connectivity index (χ1n) is 8.11. The van der Waals surface area contributed by atoms with Gasteiger partial charge in [-0.15, -0.1) is 0 Å². The normalized spacial score (nSPS) is 15.0. The molecule has 0 atom stereocenters. The van der Waals surface area contributed by atoms with Crippen LogP contribution in [0.1, 0.15) is 30.1 Å². The number of thioether (sulfide) groups is 1. The molecule has 0 unspecified atom stereocenters. The quantitative estimate of drug-likeness (QED) is 0.893. The zero-order chi connectivity index (χ0) is 17.1. The fourth-order valence-corrected chi connectivity index (χ4v) is 3.66. The Hall–Kier alpha value is -2.09. The van der Waals surface area contributed by atoms with E-state index in [0.29, 0.717) is 30.8 Å². The molecule has 128 valence electrons. The van der Waals surface area contributed by atoms with Crippen LogP contribution in [0.2, 0.25) is 0 Å². The summed E-state index contributed by atoms with van der Waals surface area (Å²) in [7, 11) is 0. The van der Waals surface area contributed by atoms with Gasteiger partial charge < -0.3 is 4.90 Å². The molecule has 1 fully saturated rings. The van der Waals surface area contributed by atoms with Crippen LogP contribution >= 0.6 is 11.8 Å². The number of nitrogens with zero attached hydrogens (tertiary/aromatic N) is 3. The van der Waals surface area contributed by atoms with Crippen molar-refractivity contribution in [3.8, 4) is 0 Å². The van der Waals surface area contributed by atoms with Crippen LogP contribution in [-0.4, -0.2) is 49.9 Å². The Balaban J connectivity index is 2.03. The Kier molecular flexibility index (Phi) is 5.03. The molecule has 0 radical (unpaired) electrons. The second kappa shape index (κ2) is 7.21. The molecule has 2 aromatic heterocycles. The summed E-state index contributed by atoms with van der Waals surface area (Å²) in [6.07, 6.45) is 3.21. The number of aromatic amines is 1. The van der Waals surface area contributed by atoms with E-state index in [1.165, 1.54) is 10.8 Å². The fourth-order valence-electron chi connectivity index (χ4n) is 2.76. The molecule has 1 amide bonds. The van der Waals surface area contributed by atoms with Gasteiger partial charge in [-0.25, -0.2) is 9.78 Å². The lowest BCUT2D eigenvalue weighted by atomic mass is 10.2. The highest BCUT2D eigenvalue weighted by molar-refractivity contribution is 7.99. The lowest BCUT2D eigenvalue weighted by Crippen LogP contribution is -2.38. The Morgan fingerprint density at radius 2 is 2.08 bits per heavy atom. The number of unbranched alkanes of at least 4 members (excludes halogenated alkanes) is 1. The van der Waals surface area contributed by atoms with Crippen molar-refractivity contribution in [1.29, 1.82) is 0 Å². The van der Waals surface area contributed by atoms with Crippen molar-refractivity contribution in [3.05, 3.63) is 38.7 Å². The van der Waals surface area contributed by atoms with Gasteiger partial charge in [0.15, 0.2) is 0 Å². The van der Waals surface area contributed by atoms with E-state index < -0.39 is 11.2 Å². The molecule has 0 aliphatic carbocycles. The Bertz CT molecular complexity index is 868. The average molecular weight is 348 g/mol. The number of carbonyl (C=O) groups excluding carboxylic acids is 1. The number of rotatable bonds is 4. The maximum atomic E-state index is 12.6. The van der Waals surface area contributed by atoms with E-state index in [4.69, 9.17) is 0 Å². The molecule has 24 heavy (non-hydrogen) atoms. The van der Waals surface area contributed by atoms with Gasteiger partial charge in [0, 0.05) is 37.3 Å². The molecule has 3 rings (SSSR count). The molecular weight excluding hydrogens is 328 g/mol. The van der Waals surface area contributed by atoms with Crippen LogP contribution in [0.4, 0.5) is 0 Å². The van der Waals surface area contributed by atoms with Gasteiger partial charge >= 0.3 is 5.69 Å². The highest BCUT2D eigenvalue weighted by atomic mass is 32.2. The molecule has 0 saturated carbocycles. The number of H-pyrrole nitrogens is 1. The van der Waals surface area contributed by atoms with Gasteiger partial charge in [-0.3, -0.25) is 19.1 Å². The molecule has 1 aliphatic heterocycles. The lowest BCUT2D eigenvalue weighted by Gasteiger charge is -2.26. The summed E-state index contributed by atoms with van der Waals surface area (Å²) < 4.78 is 1.46. The van der Waals surface area contributed by atoms with Crippen LogP contribution in [0, 0.1) is 0 Å². The number of amides is 1. The van der Waals surface area contributed by atoms with E-state index in [9.17, 15) is 14.4 Å². The van der Waals surface area contributed by atoms with E-state index in [-0.39, 0.29) is 11.3 Å². The monoisotopic (exact) mass is 348 g/mol. The number of aromatic nitrogens is 3. The van der Waals surface area contributed by atoms with Crippen LogP contribution in [0.5, 0.6) is 0 Å². The number of aryl methyl sites for hydroxylation is 1. The minimum absolute atomic E-state index is 0.115. The van der Waals surface area contributed by atoms with Crippen LogP contribution in [-0.2, 0) is 6.54 Å². The van der Waals surface area contributed by atoms with Crippen LogP contribution in [0.25, 0.3) is 11.0 Å². The van der Waals surface area contributed by atoms with Gasteiger partial charge in [0.25, 0.3) is 11.5 Å². The number of hydrogen-bond donors (Lipinski definition) is 1. The second-order valence-corrected chi connectivity index (χ2v) is 6.99. The molecule has 7 nitrogen and oxygen atoms in total. The molecule has 2 aromatic rings. The van der Waals surface area contributed by atoms with Gasteiger partial charge in [-0.1, -0.05) is 13.3 Å². The second-order valence-electron chi connectivity index (χ2n) is 5.76. The summed E-state index contributed by atoms with van der Waals surface area (Å²) in [5.74, 6) is 1.73. The summed E-state index contributed by atoms with van der Waals surface area (Å²) in [4.78, 5) is 45.1. The molecule has 1 aliphatic rings. The maximum Gasteiger partial charge on any atom is 0.329 e. The molecule has 3 heterocycles. The summed E-state index contributed by atoms with van der Waals surface area (Å²) in [5.41, 5.74) is -0.233. The molecule has 0 spiro atoms. The molecule has 1 saturated heterocycles. The third-order valence-corrected chi connectivity index (χ3v) is 5.06. The van der Waals surface area contributed by atoms with Crippen molar-refractivity contribution >= 4 is 28.7 Å². The standard InChI is InChI=1S/C16H20N4O3S/c1-2-3-4-20-13-12(14(21)18-16(20)23)9-11(10-17-13)15(22)19-5-7-24-8-6-19/h9-10H,2-8H2,1H3,(H,18,21,23). The largest absolute Gasteiger partial charge is 0.337 e. The Morgan fingerprint density at radius 1 is 1.33 bits per heavy atom. The third-order valence-electron chi connectivity index (χ3n) is 4.11. The smallest absolute Gasteiger partial charge is 0.329 e. The topological polar surface area (TPSA) is 88.1 Å². The highest BCUT2D eigenvalue weighted by Gasteiger charge is 2.20. The first-order valence-corrected chi connectivity index (χ1v) is 9.27. The van der Waals surface area contributed by atoms with Gasteiger partial charge in [0.1, 0.15) is 5.65 Å². The number of fused-ring (bicyclic) bond motifs is 1. The minimum Gasteiger partial charge on any atom is -0.337 e. The van der Waals surface area contributed by atoms with Crippen LogP contribution < -0.4 is 11.2 Å². The summed E-state index contributed by atoms with van der Waals surface area (Å²) in [6, 6.07) is 1.55. The molecule has 0 aromatic carbocycles. The first-order chi connectivity index (χ1) is 11.6. The number of carbonyl (C=O) groups is 1. The molecular formula is C16H20N4O3S. The van der Waals surface area contributed by atoms with Crippen molar-refractivity contribution in [2.75, 3.05) is 24.6 Å². The first kappa shape index (κ1) is 16.8. The van der Waals surface area contributed by atoms with Gasteiger partial charge in [0.2, 0.25) is 0 Å². The molecule has 8 heteroatoms. The van der Waals surface area contributed by atoms with Crippen molar-refractivity contribution in [3.63, 3.8) is 0 Å². The molecule has 1 N–H and O–H groups in total. The summed E-state index contributed by atoms with van der Waals surface area (Å²) in [5, 5.41) is 0.280. The van der Waals surface area contributed by atoms with E-state index in [1.54, 1.807) is 11.0 Å².